The van der Waals surface area contributed by atoms with Crippen LogP contribution in [0.25, 0.3) is 5.69 Å². The number of rotatable bonds is 4. The van der Waals surface area contributed by atoms with Crippen LogP contribution in [0, 0.1) is 18.6 Å². The van der Waals surface area contributed by atoms with E-state index in [2.05, 4.69) is 25.3 Å². The SMILES string of the molecule is Cc1cc(Nc2ncn(-c3cc(F)cc(F)c3)n2)nc(N2CC3(CCO3)C2)c1. The van der Waals surface area contributed by atoms with E-state index in [0.29, 0.717) is 5.82 Å². The van der Waals surface area contributed by atoms with Crippen LogP contribution in [0.3, 0.4) is 0 Å². The zero-order valence-corrected chi connectivity index (χ0v) is 15.2. The summed E-state index contributed by atoms with van der Waals surface area (Å²) in [4.78, 5) is 11.0. The molecule has 28 heavy (non-hydrogen) atoms. The number of hydrogen-bond donors (Lipinski definition) is 1. The number of pyridine rings is 1. The maximum atomic E-state index is 13.4. The summed E-state index contributed by atoms with van der Waals surface area (Å²) in [5.41, 5.74) is 1.33. The number of benzene rings is 1. The lowest BCUT2D eigenvalue weighted by molar-refractivity contribution is -0.161. The molecule has 0 bridgehead atoms. The van der Waals surface area contributed by atoms with Gasteiger partial charge in [0.2, 0.25) is 5.95 Å². The topological polar surface area (TPSA) is 68.1 Å². The van der Waals surface area contributed by atoms with Crippen LogP contribution in [-0.4, -0.2) is 45.0 Å². The Morgan fingerprint density at radius 1 is 1.11 bits per heavy atom. The molecule has 4 heterocycles. The quantitative estimate of drug-likeness (QED) is 0.746. The molecule has 144 valence electrons. The van der Waals surface area contributed by atoms with Gasteiger partial charge in [-0.1, -0.05) is 0 Å². The number of nitrogens with zero attached hydrogens (tertiary/aromatic N) is 5. The molecule has 2 aromatic heterocycles. The lowest BCUT2D eigenvalue weighted by atomic mass is 9.86. The van der Waals surface area contributed by atoms with E-state index in [0.717, 1.165) is 43.6 Å². The Kier molecular flexibility index (Phi) is 3.80. The molecule has 1 aromatic carbocycles. The summed E-state index contributed by atoms with van der Waals surface area (Å²) in [6, 6.07) is 7.10. The standard InChI is InChI=1S/C19H18F2N6O/c1-12-4-16(23-17(5-12)26-9-19(10-26)2-3-28-19)24-18-22-11-27(25-18)15-7-13(20)6-14(21)8-15/h4-8,11H,2-3,9-10H2,1H3,(H,23,24,25). The molecule has 2 fully saturated rings. The molecule has 9 heteroatoms. The minimum absolute atomic E-state index is 0.0274. The maximum Gasteiger partial charge on any atom is 0.248 e. The summed E-state index contributed by atoms with van der Waals surface area (Å²) in [7, 11) is 0. The molecule has 0 unspecified atom stereocenters. The fourth-order valence-corrected chi connectivity index (χ4v) is 3.56. The highest BCUT2D eigenvalue weighted by Gasteiger charge is 2.49. The van der Waals surface area contributed by atoms with Crippen molar-refractivity contribution in [3.8, 4) is 5.69 Å². The van der Waals surface area contributed by atoms with Crippen LogP contribution >= 0.6 is 0 Å². The van der Waals surface area contributed by atoms with Gasteiger partial charge < -0.3 is 15.0 Å². The van der Waals surface area contributed by atoms with E-state index in [1.54, 1.807) is 0 Å². The molecule has 5 rings (SSSR count). The van der Waals surface area contributed by atoms with E-state index in [1.807, 2.05) is 19.1 Å². The van der Waals surface area contributed by atoms with E-state index in [9.17, 15) is 8.78 Å². The molecule has 2 aliphatic rings. The molecule has 3 aromatic rings. The highest BCUT2D eigenvalue weighted by atomic mass is 19.1. The minimum Gasteiger partial charge on any atom is -0.371 e. The number of aryl methyl sites for hydroxylation is 1. The van der Waals surface area contributed by atoms with Crippen LogP contribution in [0.5, 0.6) is 0 Å². The van der Waals surface area contributed by atoms with E-state index in [1.165, 1.54) is 23.1 Å². The van der Waals surface area contributed by atoms with Gasteiger partial charge >= 0.3 is 0 Å². The van der Waals surface area contributed by atoms with Crippen molar-refractivity contribution in [2.75, 3.05) is 29.9 Å². The largest absolute Gasteiger partial charge is 0.371 e. The lowest BCUT2D eigenvalue weighted by Gasteiger charge is -2.55. The summed E-state index contributed by atoms with van der Waals surface area (Å²) in [5, 5.41) is 7.29. The van der Waals surface area contributed by atoms with Crippen molar-refractivity contribution in [3.63, 3.8) is 0 Å². The van der Waals surface area contributed by atoms with Gasteiger partial charge in [0, 0.05) is 12.5 Å². The van der Waals surface area contributed by atoms with Crippen LogP contribution in [0.1, 0.15) is 12.0 Å². The predicted octanol–water partition coefficient (Wildman–Crippen LogP) is 2.97. The predicted molar refractivity (Wildman–Crippen MR) is 99.0 cm³/mol. The van der Waals surface area contributed by atoms with Gasteiger partial charge in [-0.05, 0) is 36.8 Å². The third-order valence-corrected chi connectivity index (χ3v) is 5.05. The highest BCUT2D eigenvalue weighted by molar-refractivity contribution is 5.56. The number of ether oxygens (including phenoxy) is 1. The van der Waals surface area contributed by atoms with Crippen molar-refractivity contribution >= 4 is 17.6 Å². The van der Waals surface area contributed by atoms with Gasteiger partial charge in [-0.3, -0.25) is 0 Å². The Labute approximate surface area is 160 Å². The van der Waals surface area contributed by atoms with Crippen molar-refractivity contribution in [3.05, 3.63) is 53.9 Å². The first-order valence-electron chi connectivity index (χ1n) is 9.01. The van der Waals surface area contributed by atoms with Crippen LogP contribution in [0.2, 0.25) is 0 Å². The average molecular weight is 384 g/mol. The van der Waals surface area contributed by atoms with Crippen LogP contribution in [0.4, 0.5) is 26.4 Å². The highest BCUT2D eigenvalue weighted by Crippen LogP contribution is 2.38. The third-order valence-electron chi connectivity index (χ3n) is 5.05. The molecule has 1 N–H and O–H groups in total. The summed E-state index contributed by atoms with van der Waals surface area (Å²) in [6.07, 6.45) is 2.49. The zero-order chi connectivity index (χ0) is 19.3. The van der Waals surface area contributed by atoms with Crippen molar-refractivity contribution in [1.82, 2.24) is 19.7 Å². The fourth-order valence-electron chi connectivity index (χ4n) is 3.56. The molecular weight excluding hydrogens is 366 g/mol. The second-order valence-corrected chi connectivity index (χ2v) is 7.29. The molecule has 2 saturated heterocycles. The van der Waals surface area contributed by atoms with E-state index in [-0.39, 0.29) is 17.2 Å². The monoisotopic (exact) mass is 384 g/mol. The summed E-state index contributed by atoms with van der Waals surface area (Å²) in [6.45, 7) is 4.53. The smallest absolute Gasteiger partial charge is 0.248 e. The first-order chi connectivity index (χ1) is 13.5. The number of halogens is 2. The fraction of sp³-hybridized carbons (Fsp3) is 0.316. The average Bonchev–Trinajstić information content (AvgIpc) is 2.99. The second-order valence-electron chi connectivity index (χ2n) is 7.29. The number of nitrogens with one attached hydrogen (secondary N) is 1. The molecule has 0 amide bonds. The minimum atomic E-state index is -0.673. The maximum absolute atomic E-state index is 13.4. The van der Waals surface area contributed by atoms with E-state index in [4.69, 9.17) is 4.74 Å². The van der Waals surface area contributed by atoms with Gasteiger partial charge in [0.15, 0.2) is 0 Å². The number of hydrogen-bond acceptors (Lipinski definition) is 6. The Morgan fingerprint density at radius 2 is 1.86 bits per heavy atom. The number of aromatic nitrogens is 4. The molecular formula is C19H18F2N6O. The van der Waals surface area contributed by atoms with Crippen molar-refractivity contribution in [2.24, 2.45) is 0 Å². The van der Waals surface area contributed by atoms with Gasteiger partial charge in [-0.2, -0.15) is 4.98 Å². The van der Waals surface area contributed by atoms with E-state index < -0.39 is 11.6 Å². The van der Waals surface area contributed by atoms with Crippen molar-refractivity contribution in [1.29, 1.82) is 0 Å². The Bertz CT molecular complexity index is 1020. The molecule has 0 saturated carbocycles. The van der Waals surface area contributed by atoms with Crippen LogP contribution in [0.15, 0.2) is 36.7 Å². The summed E-state index contributed by atoms with van der Waals surface area (Å²) < 4.78 is 33.8. The van der Waals surface area contributed by atoms with Crippen molar-refractivity contribution < 1.29 is 13.5 Å². The van der Waals surface area contributed by atoms with Crippen LogP contribution < -0.4 is 10.2 Å². The Balaban J connectivity index is 1.34. The summed E-state index contributed by atoms with van der Waals surface area (Å²) in [5.74, 6) is 0.417. The van der Waals surface area contributed by atoms with Gasteiger partial charge in [-0.15, -0.1) is 5.10 Å². The zero-order valence-electron chi connectivity index (χ0n) is 15.2. The Hall–Kier alpha value is -3.07. The van der Waals surface area contributed by atoms with Gasteiger partial charge in [-0.25, -0.2) is 18.4 Å². The molecule has 0 atom stereocenters. The van der Waals surface area contributed by atoms with Gasteiger partial charge in [0.1, 0.15) is 35.2 Å². The van der Waals surface area contributed by atoms with Crippen molar-refractivity contribution in [2.45, 2.75) is 18.9 Å². The first kappa shape index (κ1) is 17.1. The summed E-state index contributed by atoms with van der Waals surface area (Å²) >= 11 is 0. The first-order valence-corrected chi connectivity index (χ1v) is 9.01. The van der Waals surface area contributed by atoms with E-state index >= 15 is 0 Å². The molecule has 0 radical (unpaired) electrons. The van der Waals surface area contributed by atoms with Crippen LogP contribution in [-0.2, 0) is 4.74 Å². The Morgan fingerprint density at radius 3 is 2.54 bits per heavy atom. The second kappa shape index (κ2) is 6.23. The molecule has 7 nitrogen and oxygen atoms in total. The van der Waals surface area contributed by atoms with Gasteiger partial charge in [0.05, 0.1) is 25.4 Å². The molecule has 1 spiro atoms. The lowest BCUT2D eigenvalue weighted by Crippen LogP contribution is -2.68. The third kappa shape index (κ3) is 3.07. The normalized spacial score (nSPS) is 17.3. The van der Waals surface area contributed by atoms with Gasteiger partial charge in [0.25, 0.3) is 0 Å². The molecule has 2 aliphatic heterocycles. The molecule has 0 aliphatic carbocycles. The number of anilines is 3.